The van der Waals surface area contributed by atoms with Crippen molar-refractivity contribution in [2.75, 3.05) is 53.4 Å². The molecule has 0 aromatic heterocycles. The van der Waals surface area contributed by atoms with E-state index in [2.05, 4.69) is 10.2 Å². The highest BCUT2D eigenvalue weighted by molar-refractivity contribution is 7.86. The molecule has 9 heteroatoms. The van der Waals surface area contributed by atoms with Gasteiger partial charge in [0.2, 0.25) is 0 Å². The SMILES string of the molecule is CC(C)NC(=O)N1CCC(N(CCN2CCCC2)S(=O)(=O)N(C)C)C1. The van der Waals surface area contributed by atoms with Crippen LogP contribution in [0.5, 0.6) is 0 Å². The highest BCUT2D eigenvalue weighted by Gasteiger charge is 2.37. The zero-order valence-corrected chi connectivity index (χ0v) is 16.8. The molecule has 2 aliphatic heterocycles. The molecule has 0 aliphatic carbocycles. The van der Waals surface area contributed by atoms with Crippen LogP contribution in [0.2, 0.25) is 0 Å². The summed E-state index contributed by atoms with van der Waals surface area (Å²) in [6.45, 7) is 8.20. The Morgan fingerprint density at radius 3 is 2.40 bits per heavy atom. The first-order valence-electron chi connectivity index (χ1n) is 9.19. The number of likely N-dealkylation sites (tertiary alicyclic amines) is 2. The molecule has 1 atom stereocenters. The summed E-state index contributed by atoms with van der Waals surface area (Å²) < 4.78 is 28.4. The summed E-state index contributed by atoms with van der Waals surface area (Å²) in [5.74, 6) is 0. The average Bonchev–Trinajstić information content (AvgIpc) is 3.17. The normalized spacial score (nSPS) is 22.5. The van der Waals surface area contributed by atoms with Gasteiger partial charge < -0.3 is 15.1 Å². The molecule has 2 aliphatic rings. The number of hydrogen-bond donors (Lipinski definition) is 1. The maximum atomic E-state index is 12.8. The lowest BCUT2D eigenvalue weighted by molar-refractivity contribution is 0.200. The highest BCUT2D eigenvalue weighted by Crippen LogP contribution is 2.21. The molecule has 0 spiro atoms. The number of rotatable bonds is 7. The van der Waals surface area contributed by atoms with Crippen LogP contribution in [0.3, 0.4) is 0 Å². The van der Waals surface area contributed by atoms with Crippen molar-refractivity contribution in [3.63, 3.8) is 0 Å². The van der Waals surface area contributed by atoms with Gasteiger partial charge >= 0.3 is 6.03 Å². The van der Waals surface area contributed by atoms with Crippen LogP contribution in [0.4, 0.5) is 4.79 Å². The number of carbonyl (C=O) groups is 1. The van der Waals surface area contributed by atoms with Gasteiger partial charge in [0.15, 0.2) is 0 Å². The van der Waals surface area contributed by atoms with Crippen LogP contribution in [-0.4, -0.2) is 98.3 Å². The Kier molecular flexibility index (Phi) is 7.07. The van der Waals surface area contributed by atoms with Crippen LogP contribution < -0.4 is 5.32 Å². The first-order valence-corrected chi connectivity index (χ1v) is 10.6. The van der Waals surface area contributed by atoms with Gasteiger partial charge in [-0.1, -0.05) is 0 Å². The molecule has 0 bridgehead atoms. The number of carbonyl (C=O) groups excluding carboxylic acids is 1. The van der Waals surface area contributed by atoms with E-state index in [1.54, 1.807) is 23.3 Å². The monoisotopic (exact) mass is 375 g/mol. The van der Waals surface area contributed by atoms with Crippen molar-refractivity contribution in [3.05, 3.63) is 0 Å². The molecule has 2 heterocycles. The molecule has 2 rings (SSSR count). The second-order valence-corrected chi connectivity index (χ2v) is 9.54. The van der Waals surface area contributed by atoms with Gasteiger partial charge in [-0.2, -0.15) is 17.0 Å². The highest BCUT2D eigenvalue weighted by atomic mass is 32.2. The van der Waals surface area contributed by atoms with E-state index in [0.717, 1.165) is 19.6 Å². The van der Waals surface area contributed by atoms with E-state index < -0.39 is 10.2 Å². The maximum absolute atomic E-state index is 12.8. The predicted molar refractivity (Wildman–Crippen MR) is 98.6 cm³/mol. The van der Waals surface area contributed by atoms with Crippen LogP contribution in [0.25, 0.3) is 0 Å². The largest absolute Gasteiger partial charge is 0.336 e. The topological polar surface area (TPSA) is 76.2 Å². The van der Waals surface area contributed by atoms with Gasteiger partial charge in [-0.3, -0.25) is 0 Å². The third-order valence-corrected chi connectivity index (χ3v) is 6.86. The molecule has 2 amide bonds. The molecule has 1 unspecified atom stereocenters. The lowest BCUT2D eigenvalue weighted by Gasteiger charge is -2.32. The molecule has 25 heavy (non-hydrogen) atoms. The number of nitrogens with one attached hydrogen (secondary N) is 1. The van der Waals surface area contributed by atoms with Crippen molar-refractivity contribution in [2.45, 2.75) is 45.2 Å². The van der Waals surface area contributed by atoms with E-state index in [0.29, 0.717) is 26.1 Å². The average molecular weight is 376 g/mol. The van der Waals surface area contributed by atoms with Gasteiger partial charge in [-0.15, -0.1) is 0 Å². The molecular formula is C16H33N5O3S. The van der Waals surface area contributed by atoms with E-state index in [1.807, 2.05) is 13.8 Å². The van der Waals surface area contributed by atoms with Gasteiger partial charge in [0.25, 0.3) is 10.2 Å². The van der Waals surface area contributed by atoms with E-state index in [9.17, 15) is 13.2 Å². The summed E-state index contributed by atoms with van der Waals surface area (Å²) in [7, 11) is -0.373. The summed E-state index contributed by atoms with van der Waals surface area (Å²) in [5.41, 5.74) is 0. The Hall–Kier alpha value is -0.900. The minimum Gasteiger partial charge on any atom is -0.336 e. The van der Waals surface area contributed by atoms with E-state index in [-0.39, 0.29) is 18.1 Å². The van der Waals surface area contributed by atoms with Crippen molar-refractivity contribution in [2.24, 2.45) is 0 Å². The second kappa shape index (κ2) is 8.66. The van der Waals surface area contributed by atoms with Crippen LogP contribution in [-0.2, 0) is 10.2 Å². The Bertz CT molecular complexity index is 546. The molecular weight excluding hydrogens is 342 g/mol. The van der Waals surface area contributed by atoms with Gasteiger partial charge in [0.05, 0.1) is 0 Å². The van der Waals surface area contributed by atoms with Crippen LogP contribution in [0, 0.1) is 0 Å². The summed E-state index contributed by atoms with van der Waals surface area (Å²) in [6.07, 6.45) is 3.05. The molecule has 0 aromatic carbocycles. The third-order valence-electron chi connectivity index (χ3n) is 4.86. The second-order valence-electron chi connectivity index (χ2n) is 7.44. The minimum absolute atomic E-state index is 0.0725. The van der Waals surface area contributed by atoms with Crippen LogP contribution in [0.1, 0.15) is 33.1 Å². The predicted octanol–water partition coefficient (Wildman–Crippen LogP) is 0.383. The van der Waals surface area contributed by atoms with E-state index in [1.165, 1.54) is 17.1 Å². The molecule has 0 saturated carbocycles. The Morgan fingerprint density at radius 1 is 1.20 bits per heavy atom. The fraction of sp³-hybridized carbons (Fsp3) is 0.938. The lowest BCUT2D eigenvalue weighted by Crippen LogP contribution is -2.50. The molecule has 1 N–H and O–H groups in total. The van der Waals surface area contributed by atoms with Gasteiger partial charge in [0.1, 0.15) is 0 Å². The first-order chi connectivity index (χ1) is 11.7. The molecule has 0 aromatic rings. The smallest absolute Gasteiger partial charge is 0.317 e. The summed E-state index contributed by atoms with van der Waals surface area (Å²) in [5, 5.41) is 2.88. The quantitative estimate of drug-likeness (QED) is 0.698. The molecule has 2 fully saturated rings. The Morgan fingerprint density at radius 2 is 1.84 bits per heavy atom. The molecule has 146 valence electrons. The first kappa shape index (κ1) is 20.4. The van der Waals surface area contributed by atoms with Crippen molar-refractivity contribution < 1.29 is 13.2 Å². The van der Waals surface area contributed by atoms with Gasteiger partial charge in [0, 0.05) is 52.4 Å². The zero-order valence-electron chi connectivity index (χ0n) is 15.9. The van der Waals surface area contributed by atoms with Gasteiger partial charge in [-0.05, 0) is 46.2 Å². The third kappa shape index (κ3) is 5.29. The van der Waals surface area contributed by atoms with Crippen molar-refractivity contribution >= 4 is 16.2 Å². The van der Waals surface area contributed by atoms with E-state index in [4.69, 9.17) is 0 Å². The van der Waals surface area contributed by atoms with Crippen molar-refractivity contribution in [3.8, 4) is 0 Å². The fourth-order valence-electron chi connectivity index (χ4n) is 3.44. The number of hydrogen-bond acceptors (Lipinski definition) is 4. The van der Waals surface area contributed by atoms with Gasteiger partial charge in [-0.25, -0.2) is 4.79 Å². The number of amides is 2. The summed E-state index contributed by atoms with van der Waals surface area (Å²) in [4.78, 5) is 16.2. The number of urea groups is 1. The van der Waals surface area contributed by atoms with Crippen molar-refractivity contribution in [1.82, 2.24) is 23.7 Å². The van der Waals surface area contributed by atoms with Crippen molar-refractivity contribution in [1.29, 1.82) is 0 Å². The zero-order chi connectivity index (χ0) is 18.6. The summed E-state index contributed by atoms with van der Waals surface area (Å²) >= 11 is 0. The molecule has 2 saturated heterocycles. The standard InChI is InChI=1S/C16H33N5O3S/c1-14(2)17-16(22)20-10-7-15(13-20)21(25(23,24)18(3)4)12-11-19-8-5-6-9-19/h14-15H,5-13H2,1-4H3,(H,17,22). The molecule has 8 nitrogen and oxygen atoms in total. The molecule has 0 radical (unpaired) electrons. The van der Waals surface area contributed by atoms with Crippen LogP contribution >= 0.6 is 0 Å². The van der Waals surface area contributed by atoms with E-state index >= 15 is 0 Å². The Labute approximate surface area is 152 Å². The maximum Gasteiger partial charge on any atom is 0.317 e. The number of nitrogens with zero attached hydrogens (tertiary/aromatic N) is 4. The summed E-state index contributed by atoms with van der Waals surface area (Å²) in [6, 6.07) is -0.199. The lowest BCUT2D eigenvalue weighted by atomic mass is 10.2. The van der Waals surface area contributed by atoms with Crippen LogP contribution in [0.15, 0.2) is 0 Å². The Balaban J connectivity index is 2.03. The fourth-order valence-corrected chi connectivity index (χ4v) is 4.72. The minimum atomic E-state index is -3.50.